The van der Waals surface area contributed by atoms with Crippen molar-refractivity contribution in [2.75, 3.05) is 26.7 Å². The van der Waals surface area contributed by atoms with Gasteiger partial charge in [-0.25, -0.2) is 9.59 Å². The number of fused-ring (bicyclic) bond motifs is 3. The van der Waals surface area contributed by atoms with E-state index in [4.69, 9.17) is 9.47 Å². The molecule has 1 unspecified atom stereocenters. The van der Waals surface area contributed by atoms with E-state index in [-0.39, 0.29) is 31.6 Å². The van der Waals surface area contributed by atoms with Gasteiger partial charge >= 0.3 is 18.1 Å². The van der Waals surface area contributed by atoms with E-state index in [0.29, 0.717) is 6.54 Å². The van der Waals surface area contributed by atoms with Gasteiger partial charge in [0.25, 0.3) is 0 Å². The van der Waals surface area contributed by atoms with E-state index >= 15 is 0 Å². The number of urea groups is 1. The number of aryl methyl sites for hydroxylation is 1. The summed E-state index contributed by atoms with van der Waals surface area (Å²) in [6.45, 7) is 8.36. The first-order valence-electron chi connectivity index (χ1n) is 10.3. The number of H-pyrrole nitrogens is 1. The molecule has 0 aliphatic carbocycles. The van der Waals surface area contributed by atoms with Crippen LogP contribution in [0.15, 0.2) is 18.2 Å². The third kappa shape index (κ3) is 5.28. The predicted molar refractivity (Wildman–Crippen MR) is 116 cm³/mol. The molecule has 3 rings (SSSR count). The van der Waals surface area contributed by atoms with E-state index in [1.807, 2.05) is 25.1 Å². The van der Waals surface area contributed by atoms with Crippen molar-refractivity contribution in [3.8, 4) is 0 Å². The Labute approximate surface area is 181 Å². The van der Waals surface area contributed by atoms with Crippen LogP contribution in [0.3, 0.4) is 0 Å². The minimum Gasteiger partial charge on any atom is -0.468 e. The van der Waals surface area contributed by atoms with Crippen molar-refractivity contribution in [3.63, 3.8) is 0 Å². The number of hydrogen-bond acceptors (Lipinski definition) is 5. The molecule has 0 spiro atoms. The molecule has 0 bridgehead atoms. The lowest BCUT2D eigenvalue weighted by molar-refractivity contribution is -0.143. The first-order chi connectivity index (χ1) is 14.6. The van der Waals surface area contributed by atoms with Crippen molar-refractivity contribution in [3.05, 3.63) is 35.0 Å². The van der Waals surface area contributed by atoms with Crippen LogP contribution in [-0.2, 0) is 20.8 Å². The van der Waals surface area contributed by atoms with E-state index in [0.717, 1.165) is 27.7 Å². The highest BCUT2D eigenvalue weighted by Crippen LogP contribution is 2.35. The second-order valence-electron chi connectivity index (χ2n) is 8.68. The summed E-state index contributed by atoms with van der Waals surface area (Å²) in [4.78, 5) is 41.8. The lowest BCUT2D eigenvalue weighted by Crippen LogP contribution is -2.47. The number of alkyl carbamates (subject to hydrolysis) is 1. The second kappa shape index (κ2) is 8.87. The minimum atomic E-state index is -0.583. The highest BCUT2D eigenvalue weighted by molar-refractivity contribution is 5.93. The van der Waals surface area contributed by atoms with Crippen molar-refractivity contribution < 1.29 is 23.9 Å². The monoisotopic (exact) mass is 430 g/mol. The maximum Gasteiger partial charge on any atom is 0.407 e. The summed E-state index contributed by atoms with van der Waals surface area (Å²) in [6, 6.07) is 5.70. The highest BCUT2D eigenvalue weighted by atomic mass is 16.6. The molecule has 1 aliphatic heterocycles. The molecule has 1 aromatic carbocycles. The third-order valence-corrected chi connectivity index (χ3v) is 5.02. The number of hydrogen-bond donors (Lipinski definition) is 3. The summed E-state index contributed by atoms with van der Waals surface area (Å²) >= 11 is 0. The van der Waals surface area contributed by atoms with Gasteiger partial charge in [0.05, 0.1) is 13.7 Å². The highest BCUT2D eigenvalue weighted by Gasteiger charge is 2.36. The number of ether oxygens (including phenoxy) is 2. The van der Waals surface area contributed by atoms with Gasteiger partial charge in [-0.05, 0) is 45.4 Å². The maximum atomic E-state index is 12.7. The van der Waals surface area contributed by atoms with E-state index < -0.39 is 17.6 Å². The Bertz CT molecular complexity index is 992. The van der Waals surface area contributed by atoms with Gasteiger partial charge in [0.2, 0.25) is 0 Å². The van der Waals surface area contributed by atoms with Crippen molar-refractivity contribution in [2.24, 2.45) is 0 Å². The third-order valence-electron chi connectivity index (χ3n) is 5.02. The van der Waals surface area contributed by atoms with Gasteiger partial charge in [-0.15, -0.1) is 0 Å². The second-order valence-corrected chi connectivity index (χ2v) is 8.68. The number of aromatic amines is 1. The zero-order valence-corrected chi connectivity index (χ0v) is 18.6. The molecule has 168 valence electrons. The van der Waals surface area contributed by atoms with Crippen LogP contribution in [0.5, 0.6) is 0 Å². The predicted octanol–water partition coefficient (Wildman–Crippen LogP) is 2.78. The van der Waals surface area contributed by atoms with Crippen molar-refractivity contribution in [2.45, 2.75) is 45.8 Å². The fourth-order valence-corrected chi connectivity index (χ4v) is 3.72. The Morgan fingerprint density at radius 2 is 1.90 bits per heavy atom. The number of benzene rings is 1. The van der Waals surface area contributed by atoms with E-state index in [1.54, 1.807) is 25.7 Å². The fraction of sp³-hybridized carbons (Fsp3) is 0.500. The lowest BCUT2D eigenvalue weighted by atomic mass is 9.91. The quantitative estimate of drug-likeness (QED) is 0.510. The van der Waals surface area contributed by atoms with Gasteiger partial charge in [-0.1, -0.05) is 11.6 Å². The number of rotatable bonds is 4. The van der Waals surface area contributed by atoms with Crippen LogP contribution in [0.1, 0.15) is 43.5 Å². The molecule has 0 radical (unpaired) electrons. The molecule has 0 saturated carbocycles. The summed E-state index contributed by atoms with van der Waals surface area (Å²) in [6.07, 6.45) is -0.538. The minimum absolute atomic E-state index is 0.214. The van der Waals surface area contributed by atoms with Crippen LogP contribution < -0.4 is 10.6 Å². The summed E-state index contributed by atoms with van der Waals surface area (Å²) in [5.74, 6) is -0.956. The van der Waals surface area contributed by atoms with Gasteiger partial charge < -0.3 is 30.0 Å². The number of amides is 3. The van der Waals surface area contributed by atoms with Crippen LogP contribution in [-0.4, -0.2) is 60.3 Å². The number of nitrogens with one attached hydrogen (secondary N) is 3. The topological polar surface area (TPSA) is 113 Å². The SMILES string of the molecule is COC(=O)C1CN(C(=O)NCCNC(=O)OC(C)(C)C)Cc2[nH]c3ccc(C)cc3c21. The van der Waals surface area contributed by atoms with Gasteiger partial charge in [-0.3, -0.25) is 4.79 Å². The molecule has 1 aromatic heterocycles. The van der Waals surface area contributed by atoms with Gasteiger partial charge in [0.1, 0.15) is 11.5 Å². The molecule has 1 atom stereocenters. The van der Waals surface area contributed by atoms with Crippen LogP contribution >= 0.6 is 0 Å². The summed E-state index contributed by atoms with van der Waals surface area (Å²) in [7, 11) is 1.35. The number of carbonyl (C=O) groups is 3. The van der Waals surface area contributed by atoms with E-state index in [9.17, 15) is 14.4 Å². The Morgan fingerprint density at radius 3 is 2.58 bits per heavy atom. The zero-order chi connectivity index (χ0) is 22.8. The van der Waals surface area contributed by atoms with Gasteiger partial charge in [0, 0.05) is 36.2 Å². The number of methoxy groups -OCH3 is 1. The van der Waals surface area contributed by atoms with Crippen LogP contribution in [0, 0.1) is 6.92 Å². The Hall–Kier alpha value is -3.23. The largest absolute Gasteiger partial charge is 0.468 e. The standard InChI is InChI=1S/C22H30N4O5/c1-13-6-7-16-14(10-13)18-15(19(27)30-5)11-26(12-17(18)25-16)20(28)23-8-9-24-21(29)31-22(2,3)4/h6-7,10,15,25H,8-9,11-12H2,1-5H3,(H,23,28)(H,24,29). The Morgan fingerprint density at radius 1 is 1.19 bits per heavy atom. The molecule has 0 saturated heterocycles. The number of aromatic nitrogens is 1. The summed E-state index contributed by atoms with van der Waals surface area (Å²) in [5, 5.41) is 6.35. The number of carbonyl (C=O) groups excluding carboxylic acids is 3. The molecule has 9 nitrogen and oxygen atoms in total. The van der Waals surface area contributed by atoms with Crippen molar-refractivity contribution in [1.29, 1.82) is 0 Å². The average molecular weight is 431 g/mol. The number of esters is 1. The summed E-state index contributed by atoms with van der Waals surface area (Å²) in [5.41, 5.74) is 3.15. The Kier molecular flexibility index (Phi) is 6.42. The molecule has 3 N–H and O–H groups in total. The van der Waals surface area contributed by atoms with Gasteiger partial charge in [-0.2, -0.15) is 0 Å². The summed E-state index contributed by atoms with van der Waals surface area (Å²) < 4.78 is 10.2. The zero-order valence-electron chi connectivity index (χ0n) is 18.6. The lowest BCUT2D eigenvalue weighted by Gasteiger charge is -2.31. The fourth-order valence-electron chi connectivity index (χ4n) is 3.72. The van der Waals surface area contributed by atoms with Crippen LogP contribution in [0.25, 0.3) is 10.9 Å². The normalized spacial score (nSPS) is 15.9. The van der Waals surface area contributed by atoms with Crippen LogP contribution in [0.4, 0.5) is 9.59 Å². The van der Waals surface area contributed by atoms with Crippen molar-refractivity contribution >= 4 is 29.0 Å². The molecule has 1 aliphatic rings. The molecule has 9 heteroatoms. The smallest absolute Gasteiger partial charge is 0.407 e. The molecule has 0 fully saturated rings. The van der Waals surface area contributed by atoms with E-state index in [2.05, 4.69) is 15.6 Å². The first kappa shape index (κ1) is 22.5. The van der Waals surface area contributed by atoms with Gasteiger partial charge in [0.15, 0.2) is 0 Å². The molecule has 2 heterocycles. The van der Waals surface area contributed by atoms with E-state index in [1.165, 1.54) is 7.11 Å². The first-order valence-corrected chi connectivity index (χ1v) is 10.3. The molecule has 3 amide bonds. The molecular weight excluding hydrogens is 400 g/mol. The molecular formula is C22H30N4O5. The molecule has 31 heavy (non-hydrogen) atoms. The van der Waals surface area contributed by atoms with Crippen molar-refractivity contribution in [1.82, 2.24) is 20.5 Å². The van der Waals surface area contributed by atoms with Crippen LogP contribution in [0.2, 0.25) is 0 Å². The number of nitrogens with zero attached hydrogens (tertiary/aromatic N) is 1. The average Bonchev–Trinajstić information content (AvgIpc) is 3.06. The molecule has 2 aromatic rings. The Balaban J connectivity index is 1.67. The maximum absolute atomic E-state index is 12.7.